The van der Waals surface area contributed by atoms with E-state index in [1.165, 1.54) is 26.0 Å². The molecule has 0 spiro atoms. The van der Waals surface area contributed by atoms with Crippen LogP contribution in [0.4, 0.5) is 13.2 Å². The third-order valence-corrected chi connectivity index (χ3v) is 3.61. The molecule has 0 bridgehead atoms. The summed E-state index contributed by atoms with van der Waals surface area (Å²) in [6.07, 6.45) is -4.82. The third-order valence-electron chi connectivity index (χ3n) is 3.61. The number of halogens is 3. The Hall–Kier alpha value is -2.18. The Kier molecular flexibility index (Phi) is 6.69. The lowest BCUT2D eigenvalue weighted by Crippen LogP contribution is -2.35. The van der Waals surface area contributed by atoms with Crippen molar-refractivity contribution in [2.75, 3.05) is 6.61 Å². The fraction of sp³-hybridized carbons (Fsp3) is 0.471. The van der Waals surface area contributed by atoms with Crippen LogP contribution in [0.15, 0.2) is 24.3 Å². The van der Waals surface area contributed by atoms with Crippen LogP contribution in [0.3, 0.4) is 0 Å². The molecule has 1 aromatic rings. The Labute approximate surface area is 138 Å². The Morgan fingerprint density at radius 1 is 1.12 bits per heavy atom. The van der Waals surface area contributed by atoms with E-state index < -0.39 is 41.1 Å². The molecule has 1 aromatic carbocycles. The summed E-state index contributed by atoms with van der Waals surface area (Å²) in [5, 5.41) is 0. The molecule has 0 fully saturated rings. The topological polar surface area (TPSA) is 60.4 Å². The first-order valence-electron chi connectivity index (χ1n) is 7.51. The minimum atomic E-state index is -4.71. The van der Waals surface area contributed by atoms with Crippen molar-refractivity contribution in [2.24, 2.45) is 5.92 Å². The predicted molar refractivity (Wildman–Crippen MR) is 80.3 cm³/mol. The summed E-state index contributed by atoms with van der Waals surface area (Å²) in [5.74, 6) is -5.45. The molecule has 0 radical (unpaired) electrons. The maximum atomic E-state index is 13.3. The quantitative estimate of drug-likeness (QED) is 0.561. The van der Waals surface area contributed by atoms with E-state index in [0.29, 0.717) is 0 Å². The van der Waals surface area contributed by atoms with Gasteiger partial charge in [-0.3, -0.25) is 14.4 Å². The number of hydrogen-bond donors (Lipinski definition) is 0. The van der Waals surface area contributed by atoms with Gasteiger partial charge < -0.3 is 4.74 Å². The fourth-order valence-electron chi connectivity index (χ4n) is 2.55. The van der Waals surface area contributed by atoms with Gasteiger partial charge in [0.05, 0.1) is 18.1 Å². The van der Waals surface area contributed by atoms with Crippen molar-refractivity contribution >= 4 is 17.5 Å². The highest BCUT2D eigenvalue weighted by atomic mass is 19.4. The van der Waals surface area contributed by atoms with Gasteiger partial charge in [0.15, 0.2) is 0 Å². The maximum absolute atomic E-state index is 13.3. The molecular weight excluding hydrogens is 325 g/mol. The number of alkyl halides is 3. The molecule has 0 saturated carbocycles. The van der Waals surface area contributed by atoms with E-state index >= 15 is 0 Å². The summed E-state index contributed by atoms with van der Waals surface area (Å²) in [6, 6.07) is 4.47. The predicted octanol–water partition coefficient (Wildman–Crippen LogP) is 3.54. The van der Waals surface area contributed by atoms with Crippen LogP contribution in [0.2, 0.25) is 0 Å². The van der Waals surface area contributed by atoms with Gasteiger partial charge in [0.1, 0.15) is 17.5 Å². The molecule has 0 heterocycles. The fourth-order valence-corrected chi connectivity index (χ4v) is 2.55. The second-order valence-electron chi connectivity index (χ2n) is 5.22. The number of esters is 1. The van der Waals surface area contributed by atoms with Crippen molar-refractivity contribution in [1.82, 2.24) is 0 Å². The monoisotopic (exact) mass is 344 g/mol. The van der Waals surface area contributed by atoms with Gasteiger partial charge in [-0.2, -0.15) is 13.2 Å². The summed E-state index contributed by atoms with van der Waals surface area (Å²) in [4.78, 5) is 36.3. The van der Waals surface area contributed by atoms with E-state index in [9.17, 15) is 27.6 Å². The van der Waals surface area contributed by atoms with Gasteiger partial charge >= 0.3 is 12.1 Å². The highest BCUT2D eigenvalue weighted by Crippen LogP contribution is 2.39. The molecule has 0 aliphatic carbocycles. The van der Waals surface area contributed by atoms with Gasteiger partial charge in [-0.15, -0.1) is 0 Å². The number of carbonyl (C=O) groups is 3. The van der Waals surface area contributed by atoms with Crippen LogP contribution >= 0.6 is 0 Å². The molecular formula is C17H19F3O4. The van der Waals surface area contributed by atoms with Gasteiger partial charge in [-0.05, 0) is 25.5 Å². The molecule has 0 aromatic heterocycles. The second kappa shape index (κ2) is 8.08. The zero-order chi connectivity index (χ0) is 18.5. The van der Waals surface area contributed by atoms with Gasteiger partial charge in [0.2, 0.25) is 0 Å². The molecule has 0 N–H and O–H groups in total. The first kappa shape index (κ1) is 19.9. The van der Waals surface area contributed by atoms with Crippen LogP contribution in [0, 0.1) is 5.92 Å². The molecule has 2 atom stereocenters. The largest absolute Gasteiger partial charge is 0.465 e. The SMILES string of the molecule is CCOC(=O)C(C(C)=O)C(C(=O)CC)c1ccccc1C(F)(F)F. The highest BCUT2D eigenvalue weighted by Gasteiger charge is 2.43. The Morgan fingerprint density at radius 3 is 2.17 bits per heavy atom. The van der Waals surface area contributed by atoms with Gasteiger partial charge in [0.25, 0.3) is 0 Å². The third kappa shape index (κ3) is 4.43. The van der Waals surface area contributed by atoms with E-state index in [1.807, 2.05) is 0 Å². The Morgan fingerprint density at radius 2 is 1.71 bits per heavy atom. The molecule has 0 aliphatic heterocycles. The molecule has 132 valence electrons. The lowest BCUT2D eigenvalue weighted by atomic mass is 9.78. The summed E-state index contributed by atoms with van der Waals surface area (Å²) >= 11 is 0. The summed E-state index contributed by atoms with van der Waals surface area (Å²) < 4.78 is 44.6. The average Bonchev–Trinajstić information content (AvgIpc) is 2.50. The van der Waals surface area contributed by atoms with Crippen molar-refractivity contribution in [3.8, 4) is 0 Å². The Balaban J connectivity index is 3.56. The molecule has 2 unspecified atom stereocenters. The normalized spacial score (nSPS) is 13.9. The van der Waals surface area contributed by atoms with Crippen LogP contribution in [0.25, 0.3) is 0 Å². The number of Topliss-reactive ketones (excluding diaryl/α,β-unsaturated/α-hetero) is 2. The van der Waals surface area contributed by atoms with Crippen molar-refractivity contribution in [2.45, 2.75) is 39.3 Å². The summed E-state index contributed by atoms with van der Waals surface area (Å²) in [5.41, 5.74) is -1.42. The van der Waals surface area contributed by atoms with Crippen LogP contribution in [0.5, 0.6) is 0 Å². The van der Waals surface area contributed by atoms with Crippen LogP contribution < -0.4 is 0 Å². The van der Waals surface area contributed by atoms with Crippen LogP contribution in [-0.2, 0) is 25.3 Å². The molecule has 0 aliphatic rings. The van der Waals surface area contributed by atoms with Gasteiger partial charge in [-0.25, -0.2) is 0 Å². The molecule has 0 saturated heterocycles. The zero-order valence-electron chi connectivity index (χ0n) is 13.6. The van der Waals surface area contributed by atoms with E-state index in [1.54, 1.807) is 0 Å². The van der Waals surface area contributed by atoms with Crippen molar-refractivity contribution in [1.29, 1.82) is 0 Å². The van der Waals surface area contributed by atoms with Crippen molar-refractivity contribution in [3.63, 3.8) is 0 Å². The maximum Gasteiger partial charge on any atom is 0.416 e. The van der Waals surface area contributed by atoms with Crippen LogP contribution in [0.1, 0.15) is 44.2 Å². The van der Waals surface area contributed by atoms with Crippen molar-refractivity contribution in [3.05, 3.63) is 35.4 Å². The first-order chi connectivity index (χ1) is 11.1. The van der Waals surface area contributed by atoms with Gasteiger partial charge in [-0.1, -0.05) is 25.1 Å². The van der Waals surface area contributed by atoms with E-state index in [0.717, 1.165) is 19.1 Å². The lowest BCUT2D eigenvalue weighted by molar-refractivity contribution is -0.154. The second-order valence-corrected chi connectivity index (χ2v) is 5.22. The number of ether oxygens (including phenoxy) is 1. The lowest BCUT2D eigenvalue weighted by Gasteiger charge is -2.25. The number of rotatable bonds is 7. The molecule has 4 nitrogen and oxygen atoms in total. The molecule has 7 heteroatoms. The standard InChI is InChI=1S/C17H19F3O4/c1-4-13(22)15(14(10(3)21)16(23)24-5-2)11-8-6-7-9-12(11)17(18,19)20/h6-9,14-15H,4-5H2,1-3H3. The number of benzene rings is 1. The summed E-state index contributed by atoms with van der Waals surface area (Å²) in [6.45, 7) is 3.99. The Bertz CT molecular complexity index is 623. The first-order valence-corrected chi connectivity index (χ1v) is 7.51. The number of ketones is 2. The number of hydrogen-bond acceptors (Lipinski definition) is 4. The number of carbonyl (C=O) groups excluding carboxylic acids is 3. The summed E-state index contributed by atoms with van der Waals surface area (Å²) in [7, 11) is 0. The van der Waals surface area contributed by atoms with E-state index in [2.05, 4.69) is 0 Å². The molecule has 0 amide bonds. The van der Waals surface area contributed by atoms with E-state index in [4.69, 9.17) is 4.74 Å². The average molecular weight is 344 g/mol. The van der Waals surface area contributed by atoms with Gasteiger partial charge in [0, 0.05) is 6.42 Å². The van der Waals surface area contributed by atoms with Crippen LogP contribution in [-0.4, -0.2) is 24.1 Å². The van der Waals surface area contributed by atoms with Crippen molar-refractivity contribution < 1.29 is 32.3 Å². The van der Waals surface area contributed by atoms with E-state index in [-0.39, 0.29) is 18.6 Å². The minimum absolute atomic E-state index is 0.0451. The zero-order valence-corrected chi connectivity index (χ0v) is 13.6. The smallest absolute Gasteiger partial charge is 0.416 e. The minimum Gasteiger partial charge on any atom is -0.465 e. The molecule has 1 rings (SSSR count). The molecule has 24 heavy (non-hydrogen) atoms. The highest BCUT2D eigenvalue weighted by molar-refractivity contribution is 6.04.